The fourth-order valence-corrected chi connectivity index (χ4v) is 2.63. The van der Waals surface area contributed by atoms with Crippen LogP contribution in [-0.4, -0.2) is 5.97 Å². The van der Waals surface area contributed by atoms with E-state index < -0.39 is 5.97 Å². The Morgan fingerprint density at radius 1 is 0.714 bits per heavy atom. The zero-order chi connectivity index (χ0) is 15.8. The van der Waals surface area contributed by atoms with Gasteiger partial charge >= 0.3 is 0 Å². The number of carboxylic acids is 1. The molecule has 0 heterocycles. The second-order valence-electron chi connectivity index (χ2n) is 6.26. The zero-order valence-corrected chi connectivity index (χ0v) is 14.1. The molecule has 0 saturated heterocycles. The lowest BCUT2D eigenvalue weighted by atomic mass is 10.0. The van der Waals surface area contributed by atoms with Crippen LogP contribution in [0.1, 0.15) is 103 Å². The lowest BCUT2D eigenvalue weighted by Crippen LogP contribution is -2.21. The third-order valence-corrected chi connectivity index (χ3v) is 4.05. The molecule has 0 unspecified atom stereocenters. The van der Waals surface area contributed by atoms with Crippen LogP contribution in [0.3, 0.4) is 0 Å². The van der Waals surface area contributed by atoms with E-state index in [1.807, 2.05) is 0 Å². The maximum Gasteiger partial charge on any atom is 0.0414 e. The number of carbonyl (C=O) groups is 1. The molecule has 0 rings (SSSR count). The monoisotopic (exact) mass is 295 g/mol. The van der Waals surface area contributed by atoms with Gasteiger partial charge in [0.15, 0.2) is 0 Å². The van der Waals surface area contributed by atoms with Gasteiger partial charge in [-0.25, -0.2) is 0 Å². The molecule has 0 saturated carbocycles. The number of carbonyl (C=O) groups excluding carboxylic acids is 1. The number of allylic oxidation sites excluding steroid dienone is 1. The first-order valence-electron chi connectivity index (χ1n) is 9.03. The van der Waals surface area contributed by atoms with Crippen LogP contribution < -0.4 is 5.11 Å². The van der Waals surface area contributed by atoms with E-state index in [2.05, 4.69) is 13.5 Å². The average Bonchev–Trinajstić information content (AvgIpc) is 2.45. The van der Waals surface area contributed by atoms with Crippen molar-refractivity contribution in [2.24, 2.45) is 0 Å². The van der Waals surface area contributed by atoms with E-state index in [9.17, 15) is 9.90 Å². The van der Waals surface area contributed by atoms with E-state index in [1.54, 1.807) is 0 Å². The molecule has 0 bridgehead atoms. The number of rotatable bonds is 16. The standard InChI is InChI=1S/C19H36O2/c1-3-4-5-6-9-12-15-18(2)16-13-10-7-8-11-14-17-19(20)21/h2-17H2,1H3,(H,20,21)/p-1. The van der Waals surface area contributed by atoms with Crippen molar-refractivity contribution in [2.75, 3.05) is 0 Å². The SMILES string of the molecule is C=C(CCCCCCCC)CCCCCCCCC(=O)[O-]. The van der Waals surface area contributed by atoms with E-state index >= 15 is 0 Å². The van der Waals surface area contributed by atoms with Crippen molar-refractivity contribution in [1.82, 2.24) is 0 Å². The van der Waals surface area contributed by atoms with Crippen LogP contribution >= 0.6 is 0 Å². The molecule has 21 heavy (non-hydrogen) atoms. The van der Waals surface area contributed by atoms with Crippen LogP contribution in [0.4, 0.5) is 0 Å². The van der Waals surface area contributed by atoms with Crippen LogP contribution in [-0.2, 0) is 4.79 Å². The lowest BCUT2D eigenvalue weighted by molar-refractivity contribution is -0.305. The number of aliphatic carboxylic acids is 1. The summed E-state index contributed by atoms with van der Waals surface area (Å²) in [4.78, 5) is 10.2. The van der Waals surface area contributed by atoms with Gasteiger partial charge < -0.3 is 9.90 Å². The van der Waals surface area contributed by atoms with Crippen LogP contribution in [0.5, 0.6) is 0 Å². The van der Waals surface area contributed by atoms with Gasteiger partial charge in [0.2, 0.25) is 0 Å². The largest absolute Gasteiger partial charge is 0.550 e. The Balaban J connectivity index is 3.17. The van der Waals surface area contributed by atoms with E-state index in [0.717, 1.165) is 19.3 Å². The van der Waals surface area contributed by atoms with Crippen molar-refractivity contribution in [3.63, 3.8) is 0 Å². The molecule has 0 spiro atoms. The zero-order valence-electron chi connectivity index (χ0n) is 14.1. The molecule has 0 aliphatic carbocycles. The van der Waals surface area contributed by atoms with Crippen molar-refractivity contribution in [1.29, 1.82) is 0 Å². The predicted octanol–water partition coefficient (Wildman–Crippen LogP) is 5.16. The summed E-state index contributed by atoms with van der Waals surface area (Å²) in [5.41, 5.74) is 1.42. The summed E-state index contributed by atoms with van der Waals surface area (Å²) in [6.45, 7) is 6.44. The minimum atomic E-state index is -0.916. The summed E-state index contributed by atoms with van der Waals surface area (Å²) in [5, 5.41) is 10.2. The van der Waals surface area contributed by atoms with Crippen molar-refractivity contribution < 1.29 is 9.90 Å². The van der Waals surface area contributed by atoms with Crippen molar-refractivity contribution >= 4 is 5.97 Å². The van der Waals surface area contributed by atoms with Gasteiger partial charge in [0.05, 0.1) is 0 Å². The smallest absolute Gasteiger partial charge is 0.0414 e. The molecule has 2 nitrogen and oxygen atoms in total. The molecule has 0 aromatic rings. The van der Waals surface area contributed by atoms with Crippen LogP contribution in [0, 0.1) is 0 Å². The first-order valence-corrected chi connectivity index (χ1v) is 9.03. The summed E-state index contributed by atoms with van der Waals surface area (Å²) in [6.07, 6.45) is 17.4. The Morgan fingerprint density at radius 3 is 1.52 bits per heavy atom. The third-order valence-electron chi connectivity index (χ3n) is 4.05. The molecule has 0 atom stereocenters. The van der Waals surface area contributed by atoms with E-state index in [-0.39, 0.29) is 6.42 Å². The molecule has 2 heteroatoms. The maximum atomic E-state index is 10.2. The van der Waals surface area contributed by atoms with Gasteiger partial charge in [0, 0.05) is 5.97 Å². The quantitative estimate of drug-likeness (QED) is 0.291. The van der Waals surface area contributed by atoms with E-state index in [1.165, 1.54) is 76.2 Å². The first kappa shape index (κ1) is 20.2. The number of hydrogen-bond donors (Lipinski definition) is 0. The minimum Gasteiger partial charge on any atom is -0.550 e. The van der Waals surface area contributed by atoms with E-state index in [0.29, 0.717) is 0 Å². The van der Waals surface area contributed by atoms with Gasteiger partial charge in [-0.1, -0.05) is 76.9 Å². The highest BCUT2D eigenvalue weighted by molar-refractivity contribution is 5.63. The number of carboxylic acid groups (broad SMARTS) is 1. The molecule has 0 amide bonds. The molecule has 0 radical (unpaired) electrons. The predicted molar refractivity (Wildman–Crippen MR) is 89.1 cm³/mol. The van der Waals surface area contributed by atoms with Crippen molar-refractivity contribution in [3.8, 4) is 0 Å². The lowest BCUT2D eigenvalue weighted by Gasteiger charge is -2.06. The summed E-state index contributed by atoms with van der Waals surface area (Å²) in [6, 6.07) is 0. The van der Waals surface area contributed by atoms with Gasteiger partial charge in [-0.05, 0) is 38.5 Å². The van der Waals surface area contributed by atoms with Gasteiger partial charge in [0.25, 0.3) is 0 Å². The first-order chi connectivity index (χ1) is 10.2. The van der Waals surface area contributed by atoms with Gasteiger partial charge in [-0.15, -0.1) is 0 Å². The second-order valence-corrected chi connectivity index (χ2v) is 6.26. The Morgan fingerprint density at radius 2 is 1.10 bits per heavy atom. The molecular weight excluding hydrogens is 260 g/mol. The molecule has 0 N–H and O–H groups in total. The Hall–Kier alpha value is -0.790. The summed E-state index contributed by atoms with van der Waals surface area (Å²) >= 11 is 0. The van der Waals surface area contributed by atoms with Crippen LogP contribution in [0.2, 0.25) is 0 Å². The summed E-state index contributed by atoms with van der Waals surface area (Å²) in [7, 11) is 0. The van der Waals surface area contributed by atoms with Crippen molar-refractivity contribution in [2.45, 2.75) is 103 Å². The molecule has 0 aromatic heterocycles. The molecule has 0 aromatic carbocycles. The molecule has 0 aliphatic heterocycles. The Kier molecular flexibility index (Phi) is 15.0. The normalized spacial score (nSPS) is 10.7. The van der Waals surface area contributed by atoms with Gasteiger partial charge in [-0.3, -0.25) is 0 Å². The number of hydrogen-bond acceptors (Lipinski definition) is 2. The highest BCUT2D eigenvalue weighted by Crippen LogP contribution is 2.16. The molecule has 0 aliphatic rings. The van der Waals surface area contributed by atoms with Gasteiger partial charge in [-0.2, -0.15) is 0 Å². The fraction of sp³-hybridized carbons (Fsp3) is 0.842. The summed E-state index contributed by atoms with van der Waals surface area (Å²) in [5.74, 6) is -0.916. The van der Waals surface area contributed by atoms with Gasteiger partial charge in [0.1, 0.15) is 0 Å². The van der Waals surface area contributed by atoms with Crippen molar-refractivity contribution in [3.05, 3.63) is 12.2 Å². The maximum absolute atomic E-state index is 10.2. The molecular formula is C19H35O2-. The third kappa shape index (κ3) is 17.2. The number of unbranched alkanes of at least 4 members (excludes halogenated alkanes) is 10. The summed E-state index contributed by atoms with van der Waals surface area (Å²) < 4.78 is 0. The second kappa shape index (κ2) is 15.6. The molecule has 0 fully saturated rings. The minimum absolute atomic E-state index is 0.217. The van der Waals surface area contributed by atoms with Crippen LogP contribution in [0.25, 0.3) is 0 Å². The average molecular weight is 295 g/mol. The Labute approximate surface area is 132 Å². The highest BCUT2D eigenvalue weighted by Gasteiger charge is 1.97. The molecule has 124 valence electrons. The van der Waals surface area contributed by atoms with E-state index in [4.69, 9.17) is 0 Å². The highest BCUT2D eigenvalue weighted by atomic mass is 16.4. The topological polar surface area (TPSA) is 40.1 Å². The Bertz CT molecular complexity index is 258. The van der Waals surface area contributed by atoms with Crippen LogP contribution in [0.15, 0.2) is 12.2 Å². The fourth-order valence-electron chi connectivity index (χ4n) is 2.63.